The van der Waals surface area contributed by atoms with E-state index in [-0.39, 0.29) is 17.9 Å². The van der Waals surface area contributed by atoms with Gasteiger partial charge in [0.2, 0.25) is 11.8 Å². The summed E-state index contributed by atoms with van der Waals surface area (Å²) in [7, 11) is 0. The van der Waals surface area contributed by atoms with E-state index in [1.165, 1.54) is 38.5 Å². The van der Waals surface area contributed by atoms with E-state index >= 15 is 0 Å². The van der Waals surface area contributed by atoms with Gasteiger partial charge in [-0.2, -0.15) is 0 Å². The largest absolute Gasteiger partial charge is 0.352 e. The molecule has 2 fully saturated rings. The van der Waals surface area contributed by atoms with Crippen LogP contribution in [0.5, 0.6) is 0 Å². The van der Waals surface area contributed by atoms with E-state index in [0.29, 0.717) is 18.4 Å². The Morgan fingerprint density at radius 3 is 2.10 bits per heavy atom. The SMILES string of the molecule is CCC(=O)NC(C(=O)NC1CCCCC1)C1CCCCC1. The zero-order valence-corrected chi connectivity index (χ0v) is 13.3. The van der Waals surface area contributed by atoms with E-state index in [4.69, 9.17) is 0 Å². The van der Waals surface area contributed by atoms with E-state index in [9.17, 15) is 9.59 Å². The fourth-order valence-corrected chi connectivity index (χ4v) is 3.68. The fourth-order valence-electron chi connectivity index (χ4n) is 3.68. The highest BCUT2D eigenvalue weighted by Gasteiger charge is 2.31. The highest BCUT2D eigenvalue weighted by molar-refractivity contribution is 5.88. The molecule has 0 aromatic carbocycles. The van der Waals surface area contributed by atoms with Crippen LogP contribution in [0.1, 0.15) is 77.6 Å². The van der Waals surface area contributed by atoms with Crippen molar-refractivity contribution in [2.45, 2.75) is 89.6 Å². The Labute approximate surface area is 128 Å². The van der Waals surface area contributed by atoms with Crippen molar-refractivity contribution in [2.24, 2.45) is 5.92 Å². The number of carbonyl (C=O) groups excluding carboxylic acids is 2. The molecule has 1 unspecified atom stereocenters. The van der Waals surface area contributed by atoms with Crippen LogP contribution in [0.25, 0.3) is 0 Å². The van der Waals surface area contributed by atoms with Crippen LogP contribution < -0.4 is 10.6 Å². The second kappa shape index (κ2) is 8.40. The van der Waals surface area contributed by atoms with Gasteiger partial charge in [0.1, 0.15) is 6.04 Å². The summed E-state index contributed by atoms with van der Waals surface area (Å²) in [6.07, 6.45) is 12.1. The Kier molecular flexibility index (Phi) is 6.52. The summed E-state index contributed by atoms with van der Waals surface area (Å²) in [4.78, 5) is 24.4. The third-order valence-corrected chi connectivity index (χ3v) is 4.99. The summed E-state index contributed by atoms with van der Waals surface area (Å²) in [5.74, 6) is 0.359. The molecule has 21 heavy (non-hydrogen) atoms. The molecular weight excluding hydrogens is 264 g/mol. The smallest absolute Gasteiger partial charge is 0.243 e. The lowest BCUT2D eigenvalue weighted by molar-refractivity contribution is -0.131. The van der Waals surface area contributed by atoms with E-state index < -0.39 is 0 Å². The first-order valence-corrected chi connectivity index (χ1v) is 8.80. The molecule has 0 radical (unpaired) electrons. The van der Waals surface area contributed by atoms with Gasteiger partial charge in [0.05, 0.1) is 0 Å². The van der Waals surface area contributed by atoms with Crippen molar-refractivity contribution < 1.29 is 9.59 Å². The topological polar surface area (TPSA) is 58.2 Å². The zero-order valence-electron chi connectivity index (χ0n) is 13.3. The Morgan fingerprint density at radius 2 is 1.52 bits per heavy atom. The second-order valence-electron chi connectivity index (χ2n) is 6.64. The van der Waals surface area contributed by atoms with Gasteiger partial charge in [-0.3, -0.25) is 9.59 Å². The van der Waals surface area contributed by atoms with Crippen LogP contribution in [0, 0.1) is 5.92 Å². The maximum Gasteiger partial charge on any atom is 0.243 e. The van der Waals surface area contributed by atoms with Crippen molar-refractivity contribution in [2.75, 3.05) is 0 Å². The Morgan fingerprint density at radius 1 is 0.952 bits per heavy atom. The first kappa shape index (κ1) is 16.3. The molecule has 2 aliphatic rings. The van der Waals surface area contributed by atoms with Gasteiger partial charge in [-0.1, -0.05) is 45.4 Å². The molecule has 0 spiro atoms. The van der Waals surface area contributed by atoms with E-state index in [1.807, 2.05) is 6.92 Å². The average Bonchev–Trinajstić information content (AvgIpc) is 2.54. The van der Waals surface area contributed by atoms with Crippen LogP contribution in [0.3, 0.4) is 0 Å². The number of rotatable bonds is 5. The third kappa shape index (κ3) is 5.01. The molecule has 0 aliphatic heterocycles. The van der Waals surface area contributed by atoms with Crippen LogP contribution in [0.2, 0.25) is 0 Å². The maximum atomic E-state index is 12.6. The van der Waals surface area contributed by atoms with Crippen LogP contribution in [-0.2, 0) is 9.59 Å². The van der Waals surface area contributed by atoms with Crippen molar-refractivity contribution in [3.63, 3.8) is 0 Å². The van der Waals surface area contributed by atoms with Gasteiger partial charge in [-0.05, 0) is 31.6 Å². The Balaban J connectivity index is 1.94. The first-order valence-electron chi connectivity index (χ1n) is 8.80. The molecule has 1 atom stereocenters. The van der Waals surface area contributed by atoms with Gasteiger partial charge in [0, 0.05) is 12.5 Å². The Hall–Kier alpha value is -1.06. The molecule has 2 aliphatic carbocycles. The van der Waals surface area contributed by atoms with E-state index in [2.05, 4.69) is 10.6 Å². The molecule has 120 valence electrons. The maximum absolute atomic E-state index is 12.6. The summed E-state index contributed by atoms with van der Waals surface area (Å²) in [5.41, 5.74) is 0. The van der Waals surface area contributed by atoms with Crippen LogP contribution in [-0.4, -0.2) is 23.9 Å². The summed E-state index contributed by atoms with van der Waals surface area (Å²) >= 11 is 0. The standard InChI is InChI=1S/C17H30N2O2/c1-2-15(20)19-16(13-9-5-3-6-10-13)17(21)18-14-11-7-4-8-12-14/h13-14,16H,2-12H2,1H3,(H,18,21)(H,19,20). The second-order valence-corrected chi connectivity index (χ2v) is 6.64. The molecule has 0 aromatic rings. The molecule has 2 saturated carbocycles. The van der Waals surface area contributed by atoms with Crippen molar-refractivity contribution in [1.29, 1.82) is 0 Å². The summed E-state index contributed by atoms with van der Waals surface area (Å²) in [6, 6.07) is -0.00412. The number of hydrogen-bond acceptors (Lipinski definition) is 2. The van der Waals surface area contributed by atoms with Gasteiger partial charge in [-0.25, -0.2) is 0 Å². The van der Waals surface area contributed by atoms with Crippen molar-refractivity contribution in [3.05, 3.63) is 0 Å². The number of carbonyl (C=O) groups is 2. The normalized spacial score (nSPS) is 22.5. The van der Waals surface area contributed by atoms with Gasteiger partial charge >= 0.3 is 0 Å². The average molecular weight is 294 g/mol. The molecular formula is C17H30N2O2. The molecule has 4 heteroatoms. The van der Waals surface area contributed by atoms with E-state index in [0.717, 1.165) is 25.7 Å². The molecule has 2 rings (SSSR count). The van der Waals surface area contributed by atoms with Crippen molar-refractivity contribution >= 4 is 11.8 Å². The Bertz CT molecular complexity index is 345. The highest BCUT2D eigenvalue weighted by Crippen LogP contribution is 2.27. The summed E-state index contributed by atoms with van der Waals surface area (Å²) in [6.45, 7) is 1.84. The van der Waals surface area contributed by atoms with Crippen LogP contribution in [0.4, 0.5) is 0 Å². The number of hydrogen-bond donors (Lipinski definition) is 2. The van der Waals surface area contributed by atoms with Gasteiger partial charge < -0.3 is 10.6 Å². The van der Waals surface area contributed by atoms with Crippen molar-refractivity contribution in [1.82, 2.24) is 10.6 Å². The molecule has 0 aromatic heterocycles. The lowest BCUT2D eigenvalue weighted by atomic mass is 9.83. The zero-order chi connectivity index (χ0) is 15.1. The lowest BCUT2D eigenvalue weighted by Crippen LogP contribution is -2.53. The molecule has 2 N–H and O–H groups in total. The number of nitrogens with one attached hydrogen (secondary N) is 2. The van der Waals surface area contributed by atoms with Gasteiger partial charge in [-0.15, -0.1) is 0 Å². The monoisotopic (exact) mass is 294 g/mol. The minimum atomic E-state index is -0.320. The predicted octanol–water partition coefficient (Wildman–Crippen LogP) is 2.91. The van der Waals surface area contributed by atoms with Crippen molar-refractivity contribution in [3.8, 4) is 0 Å². The minimum Gasteiger partial charge on any atom is -0.352 e. The molecule has 2 amide bonds. The van der Waals surface area contributed by atoms with Crippen LogP contribution in [0.15, 0.2) is 0 Å². The lowest BCUT2D eigenvalue weighted by Gasteiger charge is -2.32. The molecule has 4 nitrogen and oxygen atoms in total. The summed E-state index contributed by atoms with van der Waals surface area (Å²) < 4.78 is 0. The van der Waals surface area contributed by atoms with Gasteiger partial charge in [0.25, 0.3) is 0 Å². The molecule has 0 heterocycles. The minimum absolute atomic E-state index is 0.00984. The first-order chi connectivity index (χ1) is 10.2. The highest BCUT2D eigenvalue weighted by atomic mass is 16.2. The molecule has 0 saturated heterocycles. The predicted molar refractivity (Wildman–Crippen MR) is 83.8 cm³/mol. The summed E-state index contributed by atoms with van der Waals surface area (Å²) in [5, 5.41) is 6.17. The number of amides is 2. The van der Waals surface area contributed by atoms with E-state index in [1.54, 1.807) is 0 Å². The third-order valence-electron chi connectivity index (χ3n) is 4.99. The molecule has 0 bridgehead atoms. The van der Waals surface area contributed by atoms with Crippen LogP contribution >= 0.6 is 0 Å². The quantitative estimate of drug-likeness (QED) is 0.819. The fraction of sp³-hybridized carbons (Fsp3) is 0.882. The van der Waals surface area contributed by atoms with Gasteiger partial charge in [0.15, 0.2) is 0 Å².